The van der Waals surface area contributed by atoms with E-state index in [0.29, 0.717) is 31.3 Å². The molecule has 0 heterocycles. The van der Waals surface area contributed by atoms with Crippen molar-refractivity contribution in [2.45, 2.75) is 297 Å². The average Bonchev–Trinajstić information content (AvgIpc) is 1.07. The second-order valence-electron chi connectivity index (χ2n) is 33.0. The van der Waals surface area contributed by atoms with Gasteiger partial charge in [-0.3, -0.25) is 0 Å². The Morgan fingerprint density at radius 3 is 0.944 bits per heavy atom. The Bertz CT molecular complexity index is 1710. The van der Waals surface area contributed by atoms with Crippen LogP contribution in [0.1, 0.15) is 59.3 Å². The molecule has 0 aliphatic heterocycles. The second kappa shape index (κ2) is 45.5. The summed E-state index contributed by atoms with van der Waals surface area (Å²) >= 11 is 0. The van der Waals surface area contributed by atoms with Crippen LogP contribution >= 0.6 is 0 Å². The zero-order valence-corrected chi connectivity index (χ0v) is 75.7. The molecule has 0 amide bonds. The first-order valence-electron chi connectivity index (χ1n) is 33.3. The minimum atomic E-state index is -2.28. The standard InChI is InChI=1S/C16H40O5Si3.3C14H36O5Si3/c1-22(2,3)20-24(7,21-23(4,5)6)13-11-9-8-10-12-19-15-16(18)14-17;1-13(10-17-11-14(16)9-15)12-22(8,18-20(2,3)4)19-21(5,6)7;1-13(17-12-14(16)11-15)9-10-22(8,18-20(2,3)4)19-21(5,6)7;1-13(9-10-17-12-14(16)11-15)22(8,18-20(2,3)4)19-21(5,6)7/h16-18H,8-15H2,1-7H3;3*13-16H,9-12H2,1-8H3. The summed E-state index contributed by atoms with van der Waals surface area (Å²) < 4.78 is 73.6. The quantitative estimate of drug-likeness (QED) is 0.0208. The fourth-order valence-electron chi connectivity index (χ4n) is 9.77. The molecule has 7 atom stereocenters. The van der Waals surface area contributed by atoms with Gasteiger partial charge >= 0.3 is 34.2 Å². The maximum Gasteiger partial charge on any atom is 0.317 e. The number of unbranched alkanes of at least 4 members (excludes halogenated alkanes) is 3. The lowest BCUT2D eigenvalue weighted by molar-refractivity contribution is -0.0238. The molecule has 0 aromatic rings. The third-order valence-corrected chi connectivity index (χ3v) is 51.1. The van der Waals surface area contributed by atoms with Crippen LogP contribution in [0, 0.1) is 5.92 Å². The lowest BCUT2D eigenvalue weighted by atomic mass is 10.2. The fraction of sp³-hybridized carbons (Fsp3) is 1.00. The Morgan fingerprint density at radius 2 is 0.600 bits per heavy atom. The van der Waals surface area contributed by atoms with Gasteiger partial charge in [-0.1, -0.05) is 33.1 Å². The molecule has 0 aromatic carbocycles. The number of rotatable bonds is 47. The number of hydrogen-bond donors (Lipinski definition) is 8. The van der Waals surface area contributed by atoms with Gasteiger partial charge in [-0.25, -0.2) is 0 Å². The monoisotopic (exact) mass is 1500 g/mol. The van der Waals surface area contributed by atoms with E-state index in [1.54, 1.807) is 0 Å². The van der Waals surface area contributed by atoms with Crippen molar-refractivity contribution in [3.63, 3.8) is 0 Å². The number of aliphatic hydroxyl groups is 8. The number of ether oxygens (including phenoxy) is 4. The van der Waals surface area contributed by atoms with Gasteiger partial charge in [0.1, 0.15) is 24.4 Å². The van der Waals surface area contributed by atoms with Crippen molar-refractivity contribution in [3.05, 3.63) is 0 Å². The summed E-state index contributed by atoms with van der Waals surface area (Å²) in [5.74, 6) is 0.301. The van der Waals surface area contributed by atoms with Crippen LogP contribution in [0.25, 0.3) is 0 Å². The van der Waals surface area contributed by atoms with Crippen LogP contribution in [0.4, 0.5) is 0 Å². The molecule has 8 N–H and O–H groups in total. The van der Waals surface area contributed by atoms with Crippen molar-refractivity contribution in [3.8, 4) is 0 Å². The SMILES string of the molecule is CC(CCOCC(O)CO)[Si](C)(O[Si](C)(C)C)O[Si](C)(C)C.CC(CC[Si](C)(O[Si](C)(C)C)O[Si](C)(C)C)OCC(O)CO.CC(COCC(O)CO)C[Si](C)(O[Si](C)(C)C)O[Si](C)(C)C.C[Si](C)(C)O[Si](C)(CCCCCCOCC(O)CO)O[Si](C)(C)C. The summed E-state index contributed by atoms with van der Waals surface area (Å²) in [6, 6.07) is 2.83. The van der Waals surface area contributed by atoms with E-state index in [2.05, 4.69) is 197 Å². The molecule has 548 valence electrons. The molecule has 0 saturated carbocycles. The van der Waals surface area contributed by atoms with Crippen molar-refractivity contribution < 1.29 is 92.7 Å². The molecule has 0 spiro atoms. The molecular weight excluding hydrogens is 1350 g/mol. The maximum absolute atomic E-state index is 9.34. The summed E-state index contributed by atoms with van der Waals surface area (Å²) in [4.78, 5) is 0. The highest BCUT2D eigenvalue weighted by molar-refractivity contribution is 6.90. The van der Waals surface area contributed by atoms with Gasteiger partial charge in [0.15, 0.2) is 66.5 Å². The van der Waals surface area contributed by atoms with Crippen molar-refractivity contribution >= 4 is 101 Å². The molecule has 0 bridgehead atoms. The minimum absolute atomic E-state index is 0.0171. The zero-order chi connectivity index (χ0) is 71.7. The predicted molar refractivity (Wildman–Crippen MR) is 403 cm³/mol. The molecule has 0 aromatic heterocycles. The maximum atomic E-state index is 9.34. The predicted octanol–water partition coefficient (Wildman–Crippen LogP) is 12.3. The van der Waals surface area contributed by atoms with Gasteiger partial charge in [0, 0.05) is 25.4 Å². The third kappa shape index (κ3) is 64.5. The summed E-state index contributed by atoms with van der Waals surface area (Å²) in [6.07, 6.45) is 2.93. The third-order valence-electron chi connectivity index (χ3n) is 11.9. The fourth-order valence-corrected chi connectivity index (χ4v) is 60.5. The number of hydrogen-bond acceptors (Lipinski definition) is 20. The molecule has 0 aliphatic rings. The molecule has 90 heavy (non-hydrogen) atoms. The van der Waals surface area contributed by atoms with E-state index < -0.39 is 125 Å². The van der Waals surface area contributed by atoms with E-state index >= 15 is 0 Å². The van der Waals surface area contributed by atoms with Crippen molar-refractivity contribution in [1.82, 2.24) is 0 Å². The van der Waals surface area contributed by atoms with Crippen LogP contribution in [-0.4, -0.2) is 245 Å². The zero-order valence-electron chi connectivity index (χ0n) is 63.7. The van der Waals surface area contributed by atoms with Gasteiger partial charge < -0.3 is 92.7 Å². The Labute approximate surface area is 565 Å². The molecule has 7 unspecified atom stereocenters. The number of aliphatic hydroxyl groups excluding tert-OH is 8. The Kier molecular flexibility index (Phi) is 49.7. The molecule has 0 aliphatic carbocycles. The first-order chi connectivity index (χ1) is 40.2. The largest absolute Gasteiger partial charge is 0.437 e. The van der Waals surface area contributed by atoms with Crippen LogP contribution in [0.5, 0.6) is 0 Å². The van der Waals surface area contributed by atoms with Gasteiger partial charge in [0.2, 0.25) is 0 Å². The van der Waals surface area contributed by atoms with E-state index in [0.717, 1.165) is 56.7 Å². The van der Waals surface area contributed by atoms with E-state index in [4.69, 9.17) is 72.3 Å². The van der Waals surface area contributed by atoms with Gasteiger partial charge in [-0.2, -0.15) is 0 Å². The molecule has 0 rings (SSSR count). The second-order valence-corrected chi connectivity index (χ2v) is 84.6. The Balaban J connectivity index is -0.000000548. The minimum Gasteiger partial charge on any atom is -0.437 e. The van der Waals surface area contributed by atoms with Crippen LogP contribution in [0.15, 0.2) is 0 Å². The van der Waals surface area contributed by atoms with Gasteiger partial charge in [-0.15, -0.1) is 0 Å². The summed E-state index contributed by atoms with van der Waals surface area (Å²) in [7, 11) is -22.0. The highest BCUT2D eigenvalue weighted by atomic mass is 28.5. The van der Waals surface area contributed by atoms with E-state index in [-0.39, 0.29) is 59.0 Å². The first-order valence-corrected chi connectivity index (χ1v) is 70.5. The topological polar surface area (TPSA) is 273 Å². The van der Waals surface area contributed by atoms with Crippen LogP contribution in [0.3, 0.4) is 0 Å². The van der Waals surface area contributed by atoms with Crippen LogP contribution < -0.4 is 0 Å². The molecule has 0 radical (unpaired) electrons. The highest BCUT2D eigenvalue weighted by Gasteiger charge is 2.46. The van der Waals surface area contributed by atoms with Gasteiger partial charge in [0.05, 0.1) is 59.0 Å². The Morgan fingerprint density at radius 1 is 0.300 bits per heavy atom. The van der Waals surface area contributed by atoms with E-state index in [9.17, 15) is 20.4 Å². The lowest BCUT2D eigenvalue weighted by Crippen LogP contribution is -2.55. The van der Waals surface area contributed by atoms with Crippen LogP contribution in [-0.2, 0) is 51.9 Å². The van der Waals surface area contributed by atoms with E-state index in [1.807, 2.05) is 6.92 Å². The molecular formula is C58H148O20Si12. The van der Waals surface area contributed by atoms with Crippen molar-refractivity contribution in [2.24, 2.45) is 5.92 Å². The molecule has 20 nitrogen and oxygen atoms in total. The Hall–Kier alpha value is 1.80. The smallest absolute Gasteiger partial charge is 0.317 e. The average molecular weight is 1500 g/mol. The van der Waals surface area contributed by atoms with E-state index in [1.165, 1.54) is 0 Å². The molecule has 0 fully saturated rings. The van der Waals surface area contributed by atoms with Crippen LogP contribution in [0.2, 0.25) is 207 Å². The van der Waals surface area contributed by atoms with Gasteiger partial charge in [-0.05, 0) is 234 Å². The summed E-state index contributed by atoms with van der Waals surface area (Å²) in [6.45, 7) is 69.5. The van der Waals surface area contributed by atoms with Crippen molar-refractivity contribution in [1.29, 1.82) is 0 Å². The first kappa shape index (κ1) is 98.2. The highest BCUT2D eigenvalue weighted by Crippen LogP contribution is 2.34. The van der Waals surface area contributed by atoms with Crippen molar-refractivity contribution in [2.75, 3.05) is 72.7 Å². The molecule has 32 heteroatoms. The molecule has 0 saturated heterocycles. The lowest BCUT2D eigenvalue weighted by Gasteiger charge is -2.42. The van der Waals surface area contributed by atoms with Gasteiger partial charge in [0.25, 0.3) is 0 Å². The summed E-state index contributed by atoms with van der Waals surface area (Å²) in [5, 5.41) is 72.2. The normalized spacial score (nSPS) is 16.2. The summed E-state index contributed by atoms with van der Waals surface area (Å²) in [5.41, 5.74) is 0.317.